The lowest BCUT2D eigenvalue weighted by Gasteiger charge is -2.24. The predicted octanol–water partition coefficient (Wildman–Crippen LogP) is 5.98. The number of benzene rings is 2. The first-order chi connectivity index (χ1) is 14.1. The van der Waals surface area contributed by atoms with Gasteiger partial charge in [0.25, 0.3) is 0 Å². The van der Waals surface area contributed by atoms with E-state index in [4.69, 9.17) is 9.15 Å². The van der Waals surface area contributed by atoms with Gasteiger partial charge < -0.3 is 14.5 Å². The van der Waals surface area contributed by atoms with Gasteiger partial charge in [-0.25, -0.2) is 9.78 Å². The molecule has 2 atom stereocenters. The molecule has 5 nitrogen and oxygen atoms in total. The van der Waals surface area contributed by atoms with Crippen LogP contribution in [0.4, 0.5) is 0 Å². The lowest BCUT2D eigenvalue weighted by molar-refractivity contribution is 0.0457. The number of hydrogen-bond donors (Lipinski definition) is 1. The average Bonchev–Trinajstić information content (AvgIpc) is 3.17. The Morgan fingerprint density at radius 1 is 1.10 bits per heavy atom. The maximum Gasteiger partial charge on any atom is 0.394 e. The summed E-state index contributed by atoms with van der Waals surface area (Å²) in [5.41, 5.74) is 3.65. The van der Waals surface area contributed by atoms with E-state index in [2.05, 4.69) is 48.4 Å². The molecule has 0 aliphatic carbocycles. The molecule has 5 heteroatoms. The number of ether oxygens (including phenoxy) is 1. The van der Waals surface area contributed by atoms with Crippen molar-refractivity contribution in [3.8, 4) is 0 Å². The molecule has 154 valence electrons. The lowest BCUT2D eigenvalue weighted by Crippen LogP contribution is -2.24. The number of nitrogens with one attached hydrogen (secondary N) is 1. The number of esters is 1. The molecule has 0 saturated carbocycles. The zero-order valence-corrected chi connectivity index (χ0v) is 17.5. The second kappa shape index (κ2) is 10.2. The van der Waals surface area contributed by atoms with E-state index in [1.54, 1.807) is 0 Å². The molecule has 0 radical (unpaired) electrons. The molecule has 0 aliphatic rings. The number of carbonyl (C=O) groups excluding carboxylic acids is 1. The van der Waals surface area contributed by atoms with Gasteiger partial charge in [0.1, 0.15) is 5.52 Å². The Hall–Kier alpha value is -2.66. The molecule has 2 unspecified atom stereocenters. The molecule has 0 bridgehead atoms. The van der Waals surface area contributed by atoms with Gasteiger partial charge in [0.15, 0.2) is 5.58 Å². The van der Waals surface area contributed by atoms with Gasteiger partial charge in [0.2, 0.25) is 0 Å². The summed E-state index contributed by atoms with van der Waals surface area (Å²) in [7, 11) is 0. The normalized spacial score (nSPS) is 13.3. The Bertz CT molecular complexity index is 920. The smallest absolute Gasteiger partial charge is 0.394 e. The van der Waals surface area contributed by atoms with Crippen molar-refractivity contribution in [3.05, 3.63) is 65.5 Å². The van der Waals surface area contributed by atoms with E-state index in [0.717, 1.165) is 31.2 Å². The lowest BCUT2D eigenvalue weighted by atomic mass is 9.99. The maximum absolute atomic E-state index is 12.1. The van der Waals surface area contributed by atoms with Gasteiger partial charge in [-0.2, -0.15) is 0 Å². The summed E-state index contributed by atoms with van der Waals surface area (Å²) in [6.45, 7) is 6.78. The van der Waals surface area contributed by atoms with Crippen molar-refractivity contribution in [1.29, 1.82) is 0 Å². The Morgan fingerprint density at radius 2 is 1.90 bits per heavy atom. The molecule has 0 fully saturated rings. The van der Waals surface area contributed by atoms with Gasteiger partial charge in [-0.1, -0.05) is 63.1 Å². The summed E-state index contributed by atoms with van der Waals surface area (Å²) < 4.78 is 10.9. The number of oxazole rings is 1. The van der Waals surface area contributed by atoms with Crippen LogP contribution in [0.5, 0.6) is 0 Å². The molecule has 1 N–H and O–H groups in total. The van der Waals surface area contributed by atoms with Crippen LogP contribution in [0, 0.1) is 0 Å². The summed E-state index contributed by atoms with van der Waals surface area (Å²) >= 11 is 0. The summed E-state index contributed by atoms with van der Waals surface area (Å²) in [6.07, 6.45) is 3.97. The zero-order valence-electron chi connectivity index (χ0n) is 17.5. The Morgan fingerprint density at radius 3 is 2.62 bits per heavy atom. The van der Waals surface area contributed by atoms with E-state index in [1.807, 2.05) is 31.2 Å². The zero-order chi connectivity index (χ0) is 20.6. The molecule has 0 spiro atoms. The van der Waals surface area contributed by atoms with Crippen LogP contribution in [0.25, 0.3) is 11.1 Å². The molecule has 3 rings (SSSR count). The number of hydrogen-bond acceptors (Lipinski definition) is 5. The first-order valence-corrected chi connectivity index (χ1v) is 10.5. The molecule has 29 heavy (non-hydrogen) atoms. The minimum atomic E-state index is -0.505. The van der Waals surface area contributed by atoms with Crippen LogP contribution in [-0.4, -0.2) is 17.6 Å². The highest BCUT2D eigenvalue weighted by Crippen LogP contribution is 2.26. The third-order valence-electron chi connectivity index (χ3n) is 5.05. The summed E-state index contributed by atoms with van der Waals surface area (Å²) in [5, 5.41) is 3.73. The number of fused-ring (bicyclic) bond motifs is 1. The minimum Gasteiger partial charge on any atom is -0.459 e. The maximum atomic E-state index is 12.1. The number of nitrogens with zero attached hydrogens (tertiary/aromatic N) is 1. The van der Waals surface area contributed by atoms with Crippen LogP contribution in [0.2, 0.25) is 0 Å². The minimum absolute atomic E-state index is 0.0158. The van der Waals surface area contributed by atoms with E-state index in [-0.39, 0.29) is 18.0 Å². The molecular weight excluding hydrogens is 364 g/mol. The second-order valence-electron chi connectivity index (χ2n) is 7.38. The number of carbonyl (C=O) groups is 1. The van der Waals surface area contributed by atoms with Crippen LogP contribution >= 0.6 is 0 Å². The van der Waals surface area contributed by atoms with Crippen molar-refractivity contribution in [2.75, 3.05) is 6.61 Å². The van der Waals surface area contributed by atoms with Gasteiger partial charge in [-0.05, 0) is 43.0 Å². The highest BCUT2D eigenvalue weighted by atomic mass is 16.5. The van der Waals surface area contributed by atoms with Crippen LogP contribution in [0.3, 0.4) is 0 Å². The van der Waals surface area contributed by atoms with Crippen molar-refractivity contribution < 1.29 is 13.9 Å². The van der Waals surface area contributed by atoms with E-state index >= 15 is 0 Å². The molecule has 1 heterocycles. The fourth-order valence-corrected chi connectivity index (χ4v) is 3.39. The van der Waals surface area contributed by atoms with Crippen LogP contribution in [0.15, 0.2) is 52.9 Å². The Labute approximate surface area is 172 Å². The van der Waals surface area contributed by atoms with E-state index in [1.165, 1.54) is 5.56 Å². The fraction of sp³-hybridized carbons (Fsp3) is 0.417. The molecular formula is C24H30N2O3. The third-order valence-corrected chi connectivity index (χ3v) is 5.05. The topological polar surface area (TPSA) is 64.4 Å². The SMILES string of the molecule is CCCCOC(=O)c1nc2ccc(C(C)NC(CCC)c3ccccc3)cc2o1. The third kappa shape index (κ3) is 5.45. The number of rotatable bonds is 10. The molecule has 0 amide bonds. The van der Waals surface area contributed by atoms with Crippen molar-refractivity contribution in [1.82, 2.24) is 10.3 Å². The first kappa shape index (κ1) is 21.1. The van der Waals surface area contributed by atoms with E-state index in [0.29, 0.717) is 17.7 Å². The summed E-state index contributed by atoms with van der Waals surface area (Å²) in [5.74, 6) is -0.489. The Kier molecular flexibility index (Phi) is 7.42. The van der Waals surface area contributed by atoms with E-state index < -0.39 is 5.97 Å². The monoisotopic (exact) mass is 394 g/mol. The molecule has 2 aromatic carbocycles. The van der Waals surface area contributed by atoms with Gasteiger partial charge >= 0.3 is 11.9 Å². The summed E-state index contributed by atoms with van der Waals surface area (Å²) in [6, 6.07) is 16.8. The van der Waals surface area contributed by atoms with Crippen molar-refractivity contribution >= 4 is 17.1 Å². The van der Waals surface area contributed by atoms with Crippen LogP contribution in [0.1, 0.15) is 80.4 Å². The molecule has 0 saturated heterocycles. The number of aromatic nitrogens is 1. The standard InChI is InChI=1S/C24H30N2O3/c1-4-6-15-28-24(27)23-26-21-14-13-19(16-22(21)29-23)17(3)25-20(10-5-2)18-11-8-7-9-12-18/h7-9,11-14,16-17,20,25H,4-6,10,15H2,1-3H3. The molecule has 0 aliphatic heterocycles. The number of unbranched alkanes of at least 4 members (excludes halogenated alkanes) is 1. The fourth-order valence-electron chi connectivity index (χ4n) is 3.39. The highest BCUT2D eigenvalue weighted by molar-refractivity contribution is 5.88. The quantitative estimate of drug-likeness (QED) is 0.339. The summed E-state index contributed by atoms with van der Waals surface area (Å²) in [4.78, 5) is 16.4. The second-order valence-corrected chi connectivity index (χ2v) is 7.38. The van der Waals surface area contributed by atoms with Gasteiger partial charge in [0.05, 0.1) is 6.61 Å². The predicted molar refractivity (Wildman–Crippen MR) is 115 cm³/mol. The largest absolute Gasteiger partial charge is 0.459 e. The highest BCUT2D eigenvalue weighted by Gasteiger charge is 2.18. The first-order valence-electron chi connectivity index (χ1n) is 10.5. The Balaban J connectivity index is 1.74. The van der Waals surface area contributed by atoms with Crippen molar-refractivity contribution in [3.63, 3.8) is 0 Å². The van der Waals surface area contributed by atoms with E-state index in [9.17, 15) is 4.79 Å². The molecule has 3 aromatic rings. The van der Waals surface area contributed by atoms with Gasteiger partial charge in [-0.15, -0.1) is 0 Å². The molecule has 1 aromatic heterocycles. The van der Waals surface area contributed by atoms with Crippen molar-refractivity contribution in [2.24, 2.45) is 0 Å². The van der Waals surface area contributed by atoms with Gasteiger partial charge in [-0.3, -0.25) is 0 Å². The van der Waals surface area contributed by atoms with Crippen LogP contribution < -0.4 is 5.32 Å². The van der Waals surface area contributed by atoms with Crippen LogP contribution in [-0.2, 0) is 4.74 Å². The van der Waals surface area contributed by atoms with Gasteiger partial charge in [0, 0.05) is 12.1 Å². The van der Waals surface area contributed by atoms with Crippen molar-refractivity contribution in [2.45, 2.75) is 58.5 Å². The average molecular weight is 395 g/mol.